The van der Waals surface area contributed by atoms with Crippen molar-refractivity contribution in [2.45, 2.75) is 49.5 Å². The summed E-state index contributed by atoms with van der Waals surface area (Å²) in [5, 5.41) is 7.60. The lowest BCUT2D eigenvalue weighted by atomic mass is 10.2. The Morgan fingerprint density at radius 1 is 1.24 bits per heavy atom. The topological polar surface area (TPSA) is 77.2 Å². The SMILES string of the molecule is Cc1cc(CSc2ncccc2C(=O)Nc2cccc(OC3CCCC3)c2)no1. The Balaban J connectivity index is 1.43. The van der Waals surface area contributed by atoms with Crippen LogP contribution in [0.15, 0.2) is 58.2 Å². The number of hydrogen-bond acceptors (Lipinski definition) is 6. The van der Waals surface area contributed by atoms with Crippen LogP contribution < -0.4 is 10.1 Å². The monoisotopic (exact) mass is 409 g/mol. The molecule has 1 aromatic carbocycles. The van der Waals surface area contributed by atoms with Crippen LogP contribution in [0.25, 0.3) is 0 Å². The number of amides is 1. The van der Waals surface area contributed by atoms with Gasteiger partial charge in [0.05, 0.1) is 17.4 Å². The van der Waals surface area contributed by atoms with E-state index in [4.69, 9.17) is 9.26 Å². The van der Waals surface area contributed by atoms with Crippen LogP contribution in [0.3, 0.4) is 0 Å². The van der Waals surface area contributed by atoms with Crippen molar-refractivity contribution in [2.24, 2.45) is 0 Å². The van der Waals surface area contributed by atoms with E-state index in [1.54, 1.807) is 18.3 Å². The van der Waals surface area contributed by atoms with Gasteiger partial charge in [-0.3, -0.25) is 4.79 Å². The molecule has 0 bridgehead atoms. The van der Waals surface area contributed by atoms with Gasteiger partial charge in [0, 0.05) is 29.8 Å². The number of carbonyl (C=O) groups excluding carboxylic acids is 1. The number of thioether (sulfide) groups is 1. The highest BCUT2D eigenvalue weighted by Gasteiger charge is 2.17. The zero-order valence-electron chi connectivity index (χ0n) is 16.3. The van der Waals surface area contributed by atoms with E-state index < -0.39 is 0 Å². The van der Waals surface area contributed by atoms with E-state index in [0.29, 0.717) is 22.0 Å². The fraction of sp³-hybridized carbons (Fsp3) is 0.318. The van der Waals surface area contributed by atoms with Crippen molar-refractivity contribution in [1.29, 1.82) is 0 Å². The van der Waals surface area contributed by atoms with Gasteiger partial charge in [0.25, 0.3) is 5.91 Å². The van der Waals surface area contributed by atoms with Gasteiger partial charge in [-0.1, -0.05) is 23.0 Å². The third kappa shape index (κ3) is 5.17. The molecule has 0 atom stereocenters. The van der Waals surface area contributed by atoms with Crippen LogP contribution in [-0.2, 0) is 5.75 Å². The molecule has 3 aromatic rings. The molecule has 4 rings (SSSR count). The number of aryl methyl sites for hydroxylation is 1. The maximum atomic E-state index is 12.9. The minimum absolute atomic E-state index is 0.199. The summed E-state index contributed by atoms with van der Waals surface area (Å²) >= 11 is 1.46. The number of hydrogen-bond donors (Lipinski definition) is 1. The highest BCUT2D eigenvalue weighted by Crippen LogP contribution is 2.27. The average Bonchev–Trinajstić information content (AvgIpc) is 3.38. The van der Waals surface area contributed by atoms with Crippen molar-refractivity contribution in [2.75, 3.05) is 5.32 Å². The molecule has 1 saturated carbocycles. The summed E-state index contributed by atoms with van der Waals surface area (Å²) in [4.78, 5) is 17.2. The van der Waals surface area contributed by atoms with Gasteiger partial charge in [-0.2, -0.15) is 0 Å². The third-order valence-corrected chi connectivity index (χ3v) is 5.79. The Morgan fingerprint density at radius 3 is 2.90 bits per heavy atom. The van der Waals surface area contributed by atoms with Crippen molar-refractivity contribution in [1.82, 2.24) is 10.1 Å². The van der Waals surface area contributed by atoms with Crippen molar-refractivity contribution in [3.8, 4) is 5.75 Å². The smallest absolute Gasteiger partial charge is 0.258 e. The molecule has 1 fully saturated rings. The maximum absolute atomic E-state index is 12.9. The number of pyridine rings is 1. The number of rotatable bonds is 7. The number of nitrogens with one attached hydrogen (secondary N) is 1. The molecule has 1 aliphatic rings. The molecule has 150 valence electrons. The first-order valence-corrected chi connectivity index (χ1v) is 10.7. The Morgan fingerprint density at radius 2 is 2.10 bits per heavy atom. The minimum atomic E-state index is -0.199. The minimum Gasteiger partial charge on any atom is -0.490 e. The summed E-state index contributed by atoms with van der Waals surface area (Å²) < 4.78 is 11.1. The van der Waals surface area contributed by atoms with Crippen molar-refractivity contribution in [3.05, 3.63) is 65.7 Å². The molecule has 0 saturated heterocycles. The van der Waals surface area contributed by atoms with E-state index in [1.807, 2.05) is 37.3 Å². The zero-order valence-corrected chi connectivity index (χ0v) is 17.1. The Kier molecular flexibility index (Phi) is 6.14. The molecule has 6 nitrogen and oxygen atoms in total. The van der Waals surface area contributed by atoms with Crippen LogP contribution in [0.1, 0.15) is 47.5 Å². The van der Waals surface area contributed by atoms with Gasteiger partial charge in [0.1, 0.15) is 16.5 Å². The molecule has 1 N–H and O–H groups in total. The van der Waals surface area contributed by atoms with E-state index in [2.05, 4.69) is 15.5 Å². The van der Waals surface area contributed by atoms with E-state index in [9.17, 15) is 4.79 Å². The number of nitrogens with zero attached hydrogens (tertiary/aromatic N) is 2. The van der Waals surface area contributed by atoms with E-state index in [0.717, 1.165) is 30.0 Å². The van der Waals surface area contributed by atoms with Gasteiger partial charge in [-0.15, -0.1) is 0 Å². The van der Waals surface area contributed by atoms with Crippen molar-refractivity contribution in [3.63, 3.8) is 0 Å². The van der Waals surface area contributed by atoms with Crippen LogP contribution in [0, 0.1) is 6.92 Å². The van der Waals surface area contributed by atoms with E-state index in [1.165, 1.54) is 24.6 Å². The lowest BCUT2D eigenvalue weighted by molar-refractivity contribution is 0.102. The Labute approximate surface area is 174 Å². The molecule has 29 heavy (non-hydrogen) atoms. The zero-order chi connectivity index (χ0) is 20.1. The Hall–Kier alpha value is -2.80. The molecule has 1 amide bonds. The summed E-state index contributed by atoms with van der Waals surface area (Å²) in [6.45, 7) is 1.85. The van der Waals surface area contributed by atoms with Gasteiger partial charge in [-0.25, -0.2) is 4.98 Å². The largest absolute Gasteiger partial charge is 0.490 e. The number of benzene rings is 1. The van der Waals surface area contributed by atoms with Crippen LogP contribution in [0.4, 0.5) is 5.69 Å². The summed E-state index contributed by atoms with van der Waals surface area (Å²) in [6.07, 6.45) is 6.59. The van der Waals surface area contributed by atoms with Gasteiger partial charge >= 0.3 is 0 Å². The molecule has 2 heterocycles. The number of carbonyl (C=O) groups is 1. The lowest BCUT2D eigenvalue weighted by Gasteiger charge is -2.14. The van der Waals surface area contributed by atoms with Crippen molar-refractivity contribution < 1.29 is 14.1 Å². The summed E-state index contributed by atoms with van der Waals surface area (Å²) in [5.74, 6) is 1.94. The van der Waals surface area contributed by atoms with Gasteiger partial charge in [-0.05, 0) is 56.9 Å². The molecule has 1 aliphatic carbocycles. The average molecular weight is 410 g/mol. The van der Waals surface area contributed by atoms with Crippen LogP contribution in [0.5, 0.6) is 5.75 Å². The highest BCUT2D eigenvalue weighted by atomic mass is 32.2. The van der Waals surface area contributed by atoms with Crippen LogP contribution >= 0.6 is 11.8 Å². The van der Waals surface area contributed by atoms with Crippen LogP contribution in [0.2, 0.25) is 0 Å². The second kappa shape index (κ2) is 9.13. The fourth-order valence-electron chi connectivity index (χ4n) is 3.35. The predicted octanol–water partition coefficient (Wildman–Crippen LogP) is 5.24. The summed E-state index contributed by atoms with van der Waals surface area (Å²) in [6, 6.07) is 13.0. The standard InChI is InChI=1S/C22H23N3O3S/c1-15-12-17(25-28-15)14-29-22-20(10-5-11-23-22)21(26)24-16-6-4-9-19(13-16)27-18-7-2-3-8-18/h4-6,9-13,18H,2-3,7-8,14H2,1H3,(H,24,26). The highest BCUT2D eigenvalue weighted by molar-refractivity contribution is 7.98. The fourth-order valence-corrected chi connectivity index (χ4v) is 4.22. The van der Waals surface area contributed by atoms with Crippen LogP contribution in [-0.4, -0.2) is 22.2 Å². The molecular formula is C22H23N3O3S. The molecule has 2 aromatic heterocycles. The predicted molar refractivity (Wildman–Crippen MR) is 112 cm³/mol. The lowest BCUT2D eigenvalue weighted by Crippen LogP contribution is -2.14. The first kappa shape index (κ1) is 19.5. The normalized spacial score (nSPS) is 14.1. The molecule has 0 radical (unpaired) electrons. The van der Waals surface area contributed by atoms with Crippen molar-refractivity contribution >= 4 is 23.4 Å². The molecular weight excluding hydrogens is 386 g/mol. The second-order valence-corrected chi connectivity index (χ2v) is 8.04. The maximum Gasteiger partial charge on any atom is 0.258 e. The third-order valence-electron chi connectivity index (χ3n) is 4.75. The number of anilines is 1. The molecule has 7 heteroatoms. The quantitative estimate of drug-likeness (QED) is 0.538. The second-order valence-electron chi connectivity index (χ2n) is 7.08. The Bertz CT molecular complexity index is 983. The number of aromatic nitrogens is 2. The van der Waals surface area contributed by atoms with E-state index in [-0.39, 0.29) is 12.0 Å². The number of ether oxygens (including phenoxy) is 1. The first-order valence-electron chi connectivity index (χ1n) is 9.75. The van der Waals surface area contributed by atoms with Gasteiger partial charge < -0.3 is 14.6 Å². The summed E-state index contributed by atoms with van der Waals surface area (Å²) in [7, 11) is 0. The first-order chi connectivity index (χ1) is 14.2. The molecule has 0 aliphatic heterocycles. The van der Waals surface area contributed by atoms with Gasteiger partial charge in [0.15, 0.2) is 0 Å². The molecule has 0 unspecified atom stereocenters. The molecule has 0 spiro atoms. The summed E-state index contributed by atoms with van der Waals surface area (Å²) in [5.41, 5.74) is 2.05. The van der Waals surface area contributed by atoms with Gasteiger partial charge in [0.2, 0.25) is 0 Å². The van der Waals surface area contributed by atoms with E-state index >= 15 is 0 Å².